The van der Waals surface area contributed by atoms with Crippen LogP contribution in [0.5, 0.6) is 11.5 Å². The van der Waals surface area contributed by atoms with E-state index in [1.165, 1.54) is 6.42 Å². The third-order valence-corrected chi connectivity index (χ3v) is 6.49. The van der Waals surface area contributed by atoms with Crippen LogP contribution in [0.1, 0.15) is 30.4 Å². The van der Waals surface area contributed by atoms with Gasteiger partial charge in [-0.1, -0.05) is 18.2 Å². The molecule has 0 saturated carbocycles. The normalized spacial score (nSPS) is 21.7. The highest BCUT2D eigenvalue weighted by atomic mass is 16.5. The van der Waals surface area contributed by atoms with Crippen LogP contribution in [0, 0.1) is 5.41 Å². The van der Waals surface area contributed by atoms with Crippen LogP contribution in [0.4, 0.5) is 0 Å². The summed E-state index contributed by atoms with van der Waals surface area (Å²) in [6.45, 7) is 4.65. The molecule has 1 atom stereocenters. The third-order valence-electron chi connectivity index (χ3n) is 6.49. The van der Waals surface area contributed by atoms with Gasteiger partial charge in [-0.2, -0.15) is 0 Å². The van der Waals surface area contributed by atoms with Crippen molar-refractivity contribution in [1.29, 1.82) is 0 Å². The van der Waals surface area contributed by atoms with Gasteiger partial charge in [-0.25, -0.2) is 0 Å². The molecule has 0 aliphatic carbocycles. The average molecular weight is 410 g/mol. The van der Waals surface area contributed by atoms with Gasteiger partial charge in [-0.15, -0.1) is 0 Å². The highest BCUT2D eigenvalue weighted by Gasteiger charge is 2.42. The largest absolute Gasteiger partial charge is 0.493 e. The summed E-state index contributed by atoms with van der Waals surface area (Å²) in [5.41, 5.74) is 2.34. The molecule has 0 radical (unpaired) electrons. The van der Waals surface area contributed by atoms with Crippen molar-refractivity contribution in [1.82, 2.24) is 14.8 Å². The molecule has 1 spiro atoms. The van der Waals surface area contributed by atoms with Crippen molar-refractivity contribution in [3.8, 4) is 11.5 Å². The fourth-order valence-electron chi connectivity index (χ4n) is 5.03. The molecule has 160 valence electrons. The minimum Gasteiger partial charge on any atom is -0.493 e. The Bertz CT molecular complexity index is 873. The Morgan fingerprint density at radius 1 is 1.10 bits per heavy atom. The Balaban J connectivity index is 1.40. The highest BCUT2D eigenvalue weighted by molar-refractivity contribution is 5.79. The number of piperidine rings is 1. The van der Waals surface area contributed by atoms with Crippen molar-refractivity contribution in [3.63, 3.8) is 0 Å². The molecule has 1 aromatic heterocycles. The Labute approximate surface area is 178 Å². The number of carbonyl (C=O) groups is 1. The maximum atomic E-state index is 12.8. The fraction of sp³-hybridized carbons (Fsp3) is 0.500. The molecule has 30 heavy (non-hydrogen) atoms. The van der Waals surface area contributed by atoms with Crippen LogP contribution in [0.2, 0.25) is 0 Å². The van der Waals surface area contributed by atoms with Crippen LogP contribution in [0.25, 0.3) is 0 Å². The number of rotatable bonds is 6. The number of nitrogens with zero attached hydrogens (tertiary/aromatic N) is 3. The zero-order valence-electron chi connectivity index (χ0n) is 18.0. The molecule has 6 nitrogen and oxygen atoms in total. The zero-order chi connectivity index (χ0) is 21.0. The lowest BCUT2D eigenvalue weighted by Crippen LogP contribution is -2.45. The zero-order valence-corrected chi connectivity index (χ0v) is 18.0. The van der Waals surface area contributed by atoms with Gasteiger partial charge >= 0.3 is 0 Å². The van der Waals surface area contributed by atoms with Crippen molar-refractivity contribution in [2.24, 2.45) is 5.41 Å². The topological polar surface area (TPSA) is 54.9 Å². The molecule has 2 saturated heterocycles. The van der Waals surface area contributed by atoms with Crippen LogP contribution in [-0.4, -0.2) is 61.1 Å². The van der Waals surface area contributed by atoms with Crippen molar-refractivity contribution in [2.45, 2.75) is 32.2 Å². The van der Waals surface area contributed by atoms with E-state index in [2.05, 4.69) is 20.9 Å². The predicted molar refractivity (Wildman–Crippen MR) is 116 cm³/mol. The lowest BCUT2D eigenvalue weighted by Gasteiger charge is -2.40. The van der Waals surface area contributed by atoms with Crippen molar-refractivity contribution < 1.29 is 14.3 Å². The Morgan fingerprint density at radius 2 is 2.00 bits per heavy atom. The number of benzene rings is 1. The molecule has 4 rings (SSSR count). The standard InChI is InChI=1S/C24H31N3O3/c1-29-21-8-3-7-20(23(21)30-2)16-26-12-5-9-24(17-26)10-13-27(18-24)22(28)14-19-6-4-11-25-15-19/h3-4,6-8,11,15H,5,9-10,12-14,16-18H2,1-2H3/t24-/m1/s1. The van der Waals surface area contributed by atoms with Crippen molar-refractivity contribution in [3.05, 3.63) is 53.9 Å². The molecule has 2 aliphatic heterocycles. The van der Waals surface area contributed by atoms with Crippen LogP contribution >= 0.6 is 0 Å². The van der Waals surface area contributed by atoms with Crippen LogP contribution in [0.3, 0.4) is 0 Å². The first-order valence-corrected chi connectivity index (χ1v) is 10.7. The Morgan fingerprint density at radius 3 is 2.77 bits per heavy atom. The number of amides is 1. The SMILES string of the molecule is COc1cccc(CN2CCC[C@@]3(CCN(C(=O)Cc4cccnc4)C3)C2)c1OC. The van der Waals surface area contributed by atoms with Gasteiger partial charge in [0.2, 0.25) is 5.91 Å². The second kappa shape index (κ2) is 9.04. The van der Waals surface area contributed by atoms with E-state index in [4.69, 9.17) is 9.47 Å². The van der Waals surface area contributed by atoms with Gasteiger partial charge in [0, 0.05) is 49.6 Å². The molecular weight excluding hydrogens is 378 g/mol. The molecule has 2 aliphatic rings. The summed E-state index contributed by atoms with van der Waals surface area (Å²) in [7, 11) is 3.37. The van der Waals surface area contributed by atoms with Gasteiger partial charge in [0.25, 0.3) is 0 Å². The number of methoxy groups -OCH3 is 2. The van der Waals surface area contributed by atoms with Crippen molar-refractivity contribution in [2.75, 3.05) is 40.4 Å². The van der Waals surface area contributed by atoms with Gasteiger partial charge in [-0.3, -0.25) is 14.7 Å². The summed E-state index contributed by atoms with van der Waals surface area (Å²) in [4.78, 5) is 21.5. The number of hydrogen-bond donors (Lipinski definition) is 0. The first kappa shape index (κ1) is 20.7. The molecule has 1 amide bonds. The molecule has 6 heteroatoms. The molecule has 2 fully saturated rings. The number of carbonyl (C=O) groups excluding carboxylic acids is 1. The summed E-state index contributed by atoms with van der Waals surface area (Å²) < 4.78 is 11.1. The number of para-hydroxylation sites is 1. The lowest BCUT2D eigenvalue weighted by atomic mass is 9.79. The second-order valence-electron chi connectivity index (χ2n) is 8.57. The quantitative estimate of drug-likeness (QED) is 0.734. The summed E-state index contributed by atoms with van der Waals surface area (Å²) in [5.74, 6) is 1.81. The van der Waals surface area contributed by atoms with Crippen LogP contribution in [0.15, 0.2) is 42.7 Å². The van der Waals surface area contributed by atoms with E-state index in [-0.39, 0.29) is 11.3 Å². The fourth-order valence-corrected chi connectivity index (χ4v) is 5.03. The Hall–Kier alpha value is -2.60. The molecule has 1 aromatic carbocycles. The van der Waals surface area contributed by atoms with Gasteiger partial charge in [-0.05, 0) is 43.5 Å². The number of aromatic nitrogens is 1. The highest BCUT2D eigenvalue weighted by Crippen LogP contribution is 2.40. The van der Waals surface area contributed by atoms with Gasteiger partial charge in [0.05, 0.1) is 20.6 Å². The average Bonchev–Trinajstić information content (AvgIpc) is 3.17. The number of hydrogen-bond acceptors (Lipinski definition) is 5. The number of likely N-dealkylation sites (tertiary alicyclic amines) is 2. The third kappa shape index (κ3) is 4.43. The van der Waals surface area contributed by atoms with E-state index in [9.17, 15) is 4.79 Å². The minimum absolute atomic E-state index is 0.203. The van der Waals surface area contributed by atoms with E-state index in [1.807, 2.05) is 24.3 Å². The van der Waals surface area contributed by atoms with Crippen LogP contribution in [-0.2, 0) is 17.8 Å². The van der Waals surface area contributed by atoms with Crippen LogP contribution < -0.4 is 9.47 Å². The summed E-state index contributed by atoms with van der Waals surface area (Å²) >= 11 is 0. The van der Waals surface area contributed by atoms with E-state index in [1.54, 1.807) is 26.6 Å². The monoisotopic (exact) mass is 409 g/mol. The summed E-state index contributed by atoms with van der Waals surface area (Å²) in [6.07, 6.45) is 7.40. The van der Waals surface area contributed by atoms with E-state index < -0.39 is 0 Å². The Kier molecular flexibility index (Phi) is 6.23. The maximum absolute atomic E-state index is 12.8. The van der Waals surface area contributed by atoms with E-state index in [0.29, 0.717) is 6.42 Å². The number of pyridine rings is 1. The lowest BCUT2D eigenvalue weighted by molar-refractivity contribution is -0.130. The second-order valence-corrected chi connectivity index (χ2v) is 8.57. The summed E-state index contributed by atoms with van der Waals surface area (Å²) in [6, 6.07) is 9.93. The minimum atomic E-state index is 0.203. The first-order valence-electron chi connectivity index (χ1n) is 10.7. The van der Waals surface area contributed by atoms with Gasteiger partial charge in [0.1, 0.15) is 0 Å². The van der Waals surface area contributed by atoms with Crippen molar-refractivity contribution >= 4 is 5.91 Å². The summed E-state index contributed by atoms with van der Waals surface area (Å²) in [5, 5.41) is 0. The van der Waals surface area contributed by atoms with E-state index in [0.717, 1.165) is 68.2 Å². The molecule has 3 heterocycles. The molecular formula is C24H31N3O3. The predicted octanol–water partition coefficient (Wildman–Crippen LogP) is 3.16. The smallest absolute Gasteiger partial charge is 0.227 e. The molecule has 0 N–H and O–H groups in total. The molecule has 0 bridgehead atoms. The first-order chi connectivity index (χ1) is 14.6. The number of ether oxygens (including phenoxy) is 2. The molecule has 2 aromatic rings. The van der Waals surface area contributed by atoms with Gasteiger partial charge in [0.15, 0.2) is 11.5 Å². The van der Waals surface area contributed by atoms with Gasteiger partial charge < -0.3 is 14.4 Å². The molecule has 0 unspecified atom stereocenters. The van der Waals surface area contributed by atoms with E-state index >= 15 is 0 Å². The maximum Gasteiger partial charge on any atom is 0.227 e.